The Kier molecular flexibility index (Phi) is 7.63. The van der Waals surface area contributed by atoms with Crippen LogP contribution < -0.4 is 5.32 Å². The number of nitrogens with one attached hydrogen (secondary N) is 1. The Morgan fingerprint density at radius 2 is 2.12 bits per heavy atom. The van der Waals surface area contributed by atoms with Crippen molar-refractivity contribution in [2.24, 2.45) is 0 Å². The molecule has 2 rings (SSSR count). The molecule has 1 aliphatic heterocycles. The Balaban J connectivity index is 0.00000128. The molecule has 0 unspecified atom stereocenters. The first-order chi connectivity index (χ1) is 7.25. The minimum atomic E-state index is 0. The summed E-state index contributed by atoms with van der Waals surface area (Å²) in [6.45, 7) is 8.35. The van der Waals surface area contributed by atoms with Crippen LogP contribution >= 0.6 is 24.8 Å². The van der Waals surface area contributed by atoms with E-state index in [0.717, 1.165) is 37.6 Å². The maximum Gasteiger partial charge on any atom is 0.0727 e. The van der Waals surface area contributed by atoms with Crippen molar-refractivity contribution in [2.75, 3.05) is 19.6 Å². The highest BCUT2D eigenvalue weighted by Gasteiger charge is 2.17. The van der Waals surface area contributed by atoms with Gasteiger partial charge in [-0.05, 0) is 13.8 Å². The predicted molar refractivity (Wildman–Crippen MR) is 74.0 cm³/mol. The van der Waals surface area contributed by atoms with E-state index in [1.165, 1.54) is 0 Å². The summed E-state index contributed by atoms with van der Waals surface area (Å²) >= 11 is 0. The summed E-state index contributed by atoms with van der Waals surface area (Å²) in [5.41, 5.74) is 2.04. The quantitative estimate of drug-likeness (QED) is 0.889. The number of piperazine rings is 1. The lowest BCUT2D eigenvalue weighted by atomic mass is 10.2. The molecule has 1 aromatic rings. The highest BCUT2D eigenvalue weighted by atomic mass is 35.5. The van der Waals surface area contributed by atoms with E-state index in [0.29, 0.717) is 6.04 Å². The molecule has 0 aromatic carbocycles. The van der Waals surface area contributed by atoms with Crippen LogP contribution in [0, 0.1) is 6.92 Å². The molecule has 0 radical (unpaired) electrons. The molecular formula is C11H20Cl2N4. The van der Waals surface area contributed by atoms with Crippen molar-refractivity contribution in [3.05, 3.63) is 23.8 Å². The SMILES string of the molecule is Cc1cnc(CN2CCNC[C@@H]2C)cn1.Cl.Cl. The van der Waals surface area contributed by atoms with Gasteiger partial charge in [0.05, 0.1) is 11.4 Å². The van der Waals surface area contributed by atoms with E-state index in [-0.39, 0.29) is 24.8 Å². The fraction of sp³-hybridized carbons (Fsp3) is 0.636. The van der Waals surface area contributed by atoms with Gasteiger partial charge < -0.3 is 5.32 Å². The lowest BCUT2D eigenvalue weighted by Crippen LogP contribution is -2.49. The monoisotopic (exact) mass is 278 g/mol. The van der Waals surface area contributed by atoms with Gasteiger partial charge in [-0.1, -0.05) is 0 Å². The van der Waals surface area contributed by atoms with Crippen LogP contribution in [0.1, 0.15) is 18.3 Å². The second-order valence-corrected chi connectivity index (χ2v) is 4.17. The fourth-order valence-electron chi connectivity index (χ4n) is 1.83. The molecule has 6 heteroatoms. The largest absolute Gasteiger partial charge is 0.314 e. The van der Waals surface area contributed by atoms with Crippen LogP contribution in [-0.2, 0) is 6.54 Å². The van der Waals surface area contributed by atoms with Crippen LogP contribution in [0.15, 0.2) is 12.4 Å². The van der Waals surface area contributed by atoms with Gasteiger partial charge in [-0.25, -0.2) is 0 Å². The van der Waals surface area contributed by atoms with Crippen LogP contribution in [0.25, 0.3) is 0 Å². The number of nitrogens with zero attached hydrogens (tertiary/aromatic N) is 3. The van der Waals surface area contributed by atoms with Crippen LogP contribution in [0.3, 0.4) is 0 Å². The van der Waals surface area contributed by atoms with Gasteiger partial charge in [-0.15, -0.1) is 24.8 Å². The summed E-state index contributed by atoms with van der Waals surface area (Å²) < 4.78 is 0. The second kappa shape index (κ2) is 7.82. The maximum atomic E-state index is 4.38. The Morgan fingerprint density at radius 1 is 1.35 bits per heavy atom. The van der Waals surface area contributed by atoms with E-state index in [2.05, 4.69) is 27.1 Å². The summed E-state index contributed by atoms with van der Waals surface area (Å²) in [7, 11) is 0. The zero-order chi connectivity index (χ0) is 10.7. The smallest absolute Gasteiger partial charge is 0.0727 e. The molecule has 1 aromatic heterocycles. The first kappa shape index (κ1) is 16.6. The fourth-order valence-corrected chi connectivity index (χ4v) is 1.83. The summed E-state index contributed by atoms with van der Waals surface area (Å²) in [5.74, 6) is 0. The molecule has 0 spiro atoms. The van der Waals surface area contributed by atoms with E-state index in [1.807, 2.05) is 19.3 Å². The molecule has 2 heterocycles. The molecule has 1 atom stereocenters. The average molecular weight is 279 g/mol. The summed E-state index contributed by atoms with van der Waals surface area (Å²) in [6, 6.07) is 0.585. The minimum absolute atomic E-state index is 0. The third-order valence-electron chi connectivity index (χ3n) is 2.84. The Morgan fingerprint density at radius 3 is 2.71 bits per heavy atom. The van der Waals surface area contributed by atoms with Gasteiger partial charge in [-0.2, -0.15) is 0 Å². The summed E-state index contributed by atoms with van der Waals surface area (Å²) in [6.07, 6.45) is 3.71. The van der Waals surface area contributed by atoms with Gasteiger partial charge in [0.2, 0.25) is 0 Å². The topological polar surface area (TPSA) is 41.1 Å². The van der Waals surface area contributed by atoms with Crippen LogP contribution in [0.2, 0.25) is 0 Å². The minimum Gasteiger partial charge on any atom is -0.314 e. The molecule has 17 heavy (non-hydrogen) atoms. The molecular weight excluding hydrogens is 259 g/mol. The summed E-state index contributed by atoms with van der Waals surface area (Å²) in [5, 5.41) is 3.38. The van der Waals surface area contributed by atoms with Gasteiger partial charge in [0.15, 0.2) is 0 Å². The molecule has 1 N–H and O–H groups in total. The number of aryl methyl sites for hydroxylation is 1. The van der Waals surface area contributed by atoms with Crippen molar-refractivity contribution in [1.82, 2.24) is 20.2 Å². The number of rotatable bonds is 2. The molecule has 0 aliphatic carbocycles. The van der Waals surface area contributed by atoms with Crippen molar-refractivity contribution in [3.8, 4) is 0 Å². The molecule has 0 amide bonds. The van der Waals surface area contributed by atoms with Crippen molar-refractivity contribution in [1.29, 1.82) is 0 Å². The zero-order valence-electron chi connectivity index (χ0n) is 10.2. The molecule has 0 saturated carbocycles. The third-order valence-corrected chi connectivity index (χ3v) is 2.84. The molecule has 1 aliphatic rings. The van der Waals surface area contributed by atoms with Gasteiger partial charge in [-0.3, -0.25) is 14.9 Å². The predicted octanol–water partition coefficient (Wildman–Crippen LogP) is 1.42. The van der Waals surface area contributed by atoms with Gasteiger partial charge in [0.25, 0.3) is 0 Å². The van der Waals surface area contributed by atoms with Crippen LogP contribution in [0.4, 0.5) is 0 Å². The average Bonchev–Trinajstić information content (AvgIpc) is 2.25. The summed E-state index contributed by atoms with van der Waals surface area (Å²) in [4.78, 5) is 11.1. The molecule has 1 saturated heterocycles. The Labute approximate surface area is 115 Å². The van der Waals surface area contributed by atoms with Crippen LogP contribution in [-0.4, -0.2) is 40.5 Å². The first-order valence-electron chi connectivity index (χ1n) is 5.48. The molecule has 98 valence electrons. The van der Waals surface area contributed by atoms with E-state index < -0.39 is 0 Å². The Hall–Kier alpha value is -0.420. The van der Waals surface area contributed by atoms with Crippen molar-refractivity contribution in [3.63, 3.8) is 0 Å². The highest BCUT2D eigenvalue weighted by molar-refractivity contribution is 5.85. The van der Waals surface area contributed by atoms with E-state index in [4.69, 9.17) is 0 Å². The lowest BCUT2D eigenvalue weighted by molar-refractivity contribution is 0.163. The normalized spacial score (nSPS) is 20.2. The Bertz CT molecular complexity index is 318. The second-order valence-electron chi connectivity index (χ2n) is 4.17. The van der Waals surface area contributed by atoms with Gasteiger partial charge in [0, 0.05) is 44.6 Å². The standard InChI is InChI=1S/C11H18N4.2ClH/c1-9-5-14-11(7-13-9)8-15-4-3-12-6-10(15)2;;/h5,7,10,12H,3-4,6,8H2,1-2H3;2*1H/t10-;;/m0../s1. The third kappa shape index (κ3) is 4.76. The molecule has 1 fully saturated rings. The number of halogens is 2. The zero-order valence-corrected chi connectivity index (χ0v) is 11.9. The number of aromatic nitrogens is 2. The number of hydrogen-bond donors (Lipinski definition) is 1. The first-order valence-corrected chi connectivity index (χ1v) is 5.48. The van der Waals surface area contributed by atoms with Crippen molar-refractivity contribution >= 4 is 24.8 Å². The lowest BCUT2D eigenvalue weighted by Gasteiger charge is -2.33. The van der Waals surface area contributed by atoms with Gasteiger partial charge >= 0.3 is 0 Å². The van der Waals surface area contributed by atoms with Crippen LogP contribution in [0.5, 0.6) is 0 Å². The van der Waals surface area contributed by atoms with Gasteiger partial charge in [0.1, 0.15) is 0 Å². The van der Waals surface area contributed by atoms with E-state index in [1.54, 1.807) is 0 Å². The van der Waals surface area contributed by atoms with Crippen molar-refractivity contribution in [2.45, 2.75) is 26.4 Å². The molecule has 4 nitrogen and oxygen atoms in total. The highest BCUT2D eigenvalue weighted by Crippen LogP contribution is 2.07. The van der Waals surface area contributed by atoms with E-state index in [9.17, 15) is 0 Å². The molecule has 0 bridgehead atoms. The van der Waals surface area contributed by atoms with Crippen molar-refractivity contribution < 1.29 is 0 Å². The van der Waals surface area contributed by atoms with E-state index >= 15 is 0 Å². The number of hydrogen-bond acceptors (Lipinski definition) is 4. The maximum absolute atomic E-state index is 4.38.